The molecule has 0 amide bonds. The second-order valence-corrected chi connectivity index (χ2v) is 6.11. The number of fused-ring (bicyclic) bond motifs is 2. The predicted octanol–water partition coefficient (Wildman–Crippen LogP) is 1.44. The van der Waals surface area contributed by atoms with Crippen molar-refractivity contribution in [3.05, 3.63) is 47.0 Å². The summed E-state index contributed by atoms with van der Waals surface area (Å²) in [6, 6.07) is 6.69. The molecule has 9 heteroatoms. The standard InChI is InChI=1S/C18H16N4O5/c1-10-5-11(2)22-18(19-10)20-16(21-22)7-17(24)25-8-13(23)12-3-4-14-15(6-12)27-9-26-14/h3-6H,7-9H2,1-2H3. The van der Waals surface area contributed by atoms with Crippen molar-refractivity contribution in [1.29, 1.82) is 0 Å². The lowest BCUT2D eigenvalue weighted by Gasteiger charge is -2.04. The van der Waals surface area contributed by atoms with Gasteiger partial charge in [-0.3, -0.25) is 9.59 Å². The highest BCUT2D eigenvalue weighted by Crippen LogP contribution is 2.32. The van der Waals surface area contributed by atoms with Crippen molar-refractivity contribution >= 4 is 17.5 Å². The van der Waals surface area contributed by atoms with Crippen LogP contribution in [0.2, 0.25) is 0 Å². The van der Waals surface area contributed by atoms with Gasteiger partial charge in [-0.05, 0) is 38.1 Å². The van der Waals surface area contributed by atoms with Crippen LogP contribution in [0.3, 0.4) is 0 Å². The minimum atomic E-state index is -0.589. The Balaban J connectivity index is 1.38. The van der Waals surface area contributed by atoms with Crippen LogP contribution >= 0.6 is 0 Å². The molecule has 0 atom stereocenters. The summed E-state index contributed by atoms with van der Waals surface area (Å²) in [6.45, 7) is 3.49. The summed E-state index contributed by atoms with van der Waals surface area (Å²) in [7, 11) is 0. The van der Waals surface area contributed by atoms with Crippen LogP contribution in [-0.2, 0) is 16.0 Å². The number of rotatable bonds is 5. The first kappa shape index (κ1) is 17.0. The molecule has 0 fully saturated rings. The summed E-state index contributed by atoms with van der Waals surface area (Å²) >= 11 is 0. The fourth-order valence-electron chi connectivity index (χ4n) is 2.76. The first-order valence-corrected chi connectivity index (χ1v) is 8.28. The molecule has 0 radical (unpaired) electrons. The second-order valence-electron chi connectivity index (χ2n) is 6.11. The number of hydrogen-bond acceptors (Lipinski definition) is 8. The number of esters is 1. The minimum absolute atomic E-state index is 0.127. The van der Waals surface area contributed by atoms with Gasteiger partial charge in [0.25, 0.3) is 5.78 Å². The summed E-state index contributed by atoms with van der Waals surface area (Å²) in [5, 5.41) is 4.24. The van der Waals surface area contributed by atoms with E-state index in [0.717, 1.165) is 11.4 Å². The van der Waals surface area contributed by atoms with Crippen LogP contribution in [0, 0.1) is 13.8 Å². The summed E-state index contributed by atoms with van der Waals surface area (Å²) in [5.41, 5.74) is 2.06. The van der Waals surface area contributed by atoms with E-state index in [1.54, 1.807) is 22.7 Å². The van der Waals surface area contributed by atoms with Gasteiger partial charge in [0.15, 0.2) is 29.7 Å². The molecule has 2 aromatic heterocycles. The van der Waals surface area contributed by atoms with Crippen molar-refractivity contribution < 1.29 is 23.8 Å². The van der Waals surface area contributed by atoms with E-state index in [9.17, 15) is 9.59 Å². The highest BCUT2D eigenvalue weighted by Gasteiger charge is 2.18. The van der Waals surface area contributed by atoms with Crippen LogP contribution in [0.15, 0.2) is 24.3 Å². The fourth-order valence-corrected chi connectivity index (χ4v) is 2.76. The van der Waals surface area contributed by atoms with Crippen molar-refractivity contribution in [1.82, 2.24) is 19.6 Å². The molecule has 3 aromatic rings. The van der Waals surface area contributed by atoms with E-state index >= 15 is 0 Å². The average molecular weight is 368 g/mol. The zero-order valence-corrected chi connectivity index (χ0v) is 14.8. The van der Waals surface area contributed by atoms with Crippen LogP contribution in [0.5, 0.6) is 11.5 Å². The Morgan fingerprint density at radius 2 is 1.96 bits per heavy atom. The topological polar surface area (TPSA) is 105 Å². The van der Waals surface area contributed by atoms with Crippen molar-refractivity contribution in [3.63, 3.8) is 0 Å². The van der Waals surface area contributed by atoms with Crippen LogP contribution in [-0.4, -0.2) is 44.7 Å². The molecule has 0 saturated heterocycles. The molecule has 0 spiro atoms. The lowest BCUT2D eigenvalue weighted by atomic mass is 10.1. The van der Waals surface area contributed by atoms with Crippen molar-refractivity contribution in [2.45, 2.75) is 20.3 Å². The number of ether oxygens (including phenoxy) is 3. The molecule has 0 saturated carbocycles. The molecule has 4 rings (SSSR count). The van der Waals surface area contributed by atoms with Gasteiger partial charge in [-0.1, -0.05) is 0 Å². The molecule has 138 valence electrons. The maximum absolute atomic E-state index is 12.2. The Bertz CT molecular complexity index is 1060. The summed E-state index contributed by atoms with van der Waals surface area (Å²) in [5.74, 6) is 0.871. The number of nitrogens with zero attached hydrogens (tertiary/aromatic N) is 4. The van der Waals surface area contributed by atoms with E-state index < -0.39 is 5.97 Å². The molecule has 1 aliphatic heterocycles. The van der Waals surface area contributed by atoms with Gasteiger partial charge in [-0.25, -0.2) is 9.50 Å². The molecule has 9 nitrogen and oxygen atoms in total. The first-order valence-electron chi connectivity index (χ1n) is 8.28. The molecular formula is C18H16N4O5. The largest absolute Gasteiger partial charge is 0.457 e. The Kier molecular flexibility index (Phi) is 4.19. The zero-order chi connectivity index (χ0) is 19.0. The first-order chi connectivity index (χ1) is 13.0. The molecule has 0 aliphatic carbocycles. The number of carbonyl (C=O) groups is 2. The number of Topliss-reactive ketones (excluding diaryl/α,β-unsaturated/α-hetero) is 1. The summed E-state index contributed by atoms with van der Waals surface area (Å²) in [4.78, 5) is 32.7. The third-order valence-electron chi connectivity index (χ3n) is 4.02. The van der Waals surface area contributed by atoms with Gasteiger partial charge in [-0.2, -0.15) is 4.98 Å². The Morgan fingerprint density at radius 3 is 2.81 bits per heavy atom. The Labute approximate surface area is 153 Å². The molecule has 1 aliphatic rings. The van der Waals surface area contributed by atoms with Gasteiger partial charge in [0.2, 0.25) is 6.79 Å². The molecule has 0 unspecified atom stereocenters. The van der Waals surface area contributed by atoms with Crippen LogP contribution < -0.4 is 9.47 Å². The van der Waals surface area contributed by atoms with Gasteiger partial charge >= 0.3 is 5.97 Å². The highest BCUT2D eigenvalue weighted by atomic mass is 16.7. The van der Waals surface area contributed by atoms with E-state index in [4.69, 9.17) is 14.2 Å². The van der Waals surface area contributed by atoms with E-state index in [0.29, 0.717) is 22.8 Å². The van der Waals surface area contributed by atoms with Crippen LogP contribution in [0.4, 0.5) is 0 Å². The van der Waals surface area contributed by atoms with Crippen LogP contribution in [0.1, 0.15) is 27.6 Å². The van der Waals surface area contributed by atoms with Crippen LogP contribution in [0.25, 0.3) is 5.78 Å². The smallest absolute Gasteiger partial charge is 0.314 e. The van der Waals surface area contributed by atoms with E-state index in [1.807, 2.05) is 19.9 Å². The fraction of sp³-hybridized carbons (Fsp3) is 0.278. The predicted molar refractivity (Wildman–Crippen MR) is 91.8 cm³/mol. The van der Waals surface area contributed by atoms with Gasteiger partial charge in [0.1, 0.15) is 6.42 Å². The number of ketones is 1. The molecule has 27 heavy (non-hydrogen) atoms. The second kappa shape index (κ2) is 6.67. The van der Waals surface area contributed by atoms with Crippen molar-refractivity contribution in [2.24, 2.45) is 0 Å². The van der Waals surface area contributed by atoms with E-state index in [1.165, 1.54) is 0 Å². The number of hydrogen-bond donors (Lipinski definition) is 0. The minimum Gasteiger partial charge on any atom is -0.457 e. The van der Waals surface area contributed by atoms with E-state index in [2.05, 4.69) is 15.1 Å². The maximum atomic E-state index is 12.2. The Morgan fingerprint density at radius 1 is 1.15 bits per heavy atom. The number of carbonyl (C=O) groups excluding carboxylic acids is 2. The Hall–Kier alpha value is -3.49. The summed E-state index contributed by atoms with van der Waals surface area (Å²) in [6.07, 6.45) is -0.143. The van der Waals surface area contributed by atoms with Gasteiger partial charge in [0.05, 0.1) is 0 Å². The normalized spacial score (nSPS) is 12.4. The van der Waals surface area contributed by atoms with Gasteiger partial charge in [-0.15, -0.1) is 5.10 Å². The lowest BCUT2D eigenvalue weighted by Crippen LogP contribution is -2.16. The van der Waals surface area contributed by atoms with Gasteiger partial charge < -0.3 is 14.2 Å². The third kappa shape index (κ3) is 3.43. The molecule has 0 N–H and O–H groups in total. The highest BCUT2D eigenvalue weighted by molar-refractivity contribution is 5.98. The average Bonchev–Trinajstić information content (AvgIpc) is 3.25. The van der Waals surface area contributed by atoms with Gasteiger partial charge in [0, 0.05) is 17.0 Å². The van der Waals surface area contributed by atoms with Crippen molar-refractivity contribution in [2.75, 3.05) is 13.4 Å². The monoisotopic (exact) mass is 368 g/mol. The third-order valence-corrected chi connectivity index (χ3v) is 4.02. The SMILES string of the molecule is Cc1cc(C)n2nc(CC(=O)OCC(=O)c3ccc4c(c3)OCO4)nc2n1. The maximum Gasteiger partial charge on any atom is 0.314 e. The van der Waals surface area contributed by atoms with E-state index in [-0.39, 0.29) is 31.4 Å². The molecule has 1 aromatic carbocycles. The van der Waals surface area contributed by atoms with Crippen molar-refractivity contribution in [3.8, 4) is 11.5 Å². The lowest BCUT2D eigenvalue weighted by molar-refractivity contribution is -0.141. The molecule has 3 heterocycles. The molecular weight excluding hydrogens is 352 g/mol. The summed E-state index contributed by atoms with van der Waals surface area (Å²) < 4.78 is 17.1. The number of aryl methyl sites for hydroxylation is 2. The zero-order valence-electron chi connectivity index (χ0n) is 14.8. The number of aromatic nitrogens is 4. The number of benzene rings is 1. The molecule has 0 bridgehead atoms. The quantitative estimate of drug-likeness (QED) is 0.492.